The van der Waals surface area contributed by atoms with Gasteiger partial charge in [0.15, 0.2) is 11.6 Å². The van der Waals surface area contributed by atoms with Crippen molar-refractivity contribution < 1.29 is 23.5 Å². The molecule has 0 aliphatic heterocycles. The first kappa shape index (κ1) is 15.4. The van der Waals surface area contributed by atoms with Gasteiger partial charge in [-0.2, -0.15) is 0 Å². The van der Waals surface area contributed by atoms with E-state index in [2.05, 4.69) is 0 Å². The molecule has 1 aromatic rings. The van der Waals surface area contributed by atoms with Crippen LogP contribution in [-0.4, -0.2) is 28.4 Å². The molecular weight excluding hydrogens is 280 g/mol. The number of carboxylic acids is 1. The molecule has 114 valence electrons. The van der Waals surface area contributed by atoms with Crippen LogP contribution in [0.15, 0.2) is 18.2 Å². The van der Waals surface area contributed by atoms with Crippen LogP contribution in [0.3, 0.4) is 0 Å². The quantitative estimate of drug-likeness (QED) is 0.877. The second kappa shape index (κ2) is 6.20. The topological polar surface area (TPSA) is 57.6 Å². The van der Waals surface area contributed by atoms with E-state index < -0.39 is 17.6 Å². The van der Waals surface area contributed by atoms with Crippen molar-refractivity contribution in [2.45, 2.75) is 26.3 Å². The highest BCUT2D eigenvalue weighted by atomic mass is 19.2. The number of nitrogens with zero attached hydrogens (tertiary/aromatic N) is 1. The fourth-order valence-electron chi connectivity index (χ4n) is 2.26. The molecule has 1 fully saturated rings. The second-order valence-electron chi connectivity index (χ2n) is 5.47. The van der Waals surface area contributed by atoms with Gasteiger partial charge in [0.2, 0.25) is 5.91 Å². The van der Waals surface area contributed by atoms with E-state index in [-0.39, 0.29) is 31.3 Å². The van der Waals surface area contributed by atoms with Crippen molar-refractivity contribution in [3.05, 3.63) is 35.4 Å². The molecule has 4 nitrogen and oxygen atoms in total. The van der Waals surface area contributed by atoms with Crippen LogP contribution in [0.4, 0.5) is 8.78 Å². The first-order valence-electron chi connectivity index (χ1n) is 6.83. The summed E-state index contributed by atoms with van der Waals surface area (Å²) in [6, 6.07) is 3.44. The Kier molecular flexibility index (Phi) is 4.55. The highest BCUT2D eigenvalue weighted by Gasteiger charge is 2.41. The van der Waals surface area contributed by atoms with Gasteiger partial charge >= 0.3 is 5.97 Å². The van der Waals surface area contributed by atoms with Gasteiger partial charge in [-0.3, -0.25) is 9.59 Å². The fourth-order valence-corrected chi connectivity index (χ4v) is 2.26. The number of amides is 1. The van der Waals surface area contributed by atoms with E-state index in [0.29, 0.717) is 11.5 Å². The van der Waals surface area contributed by atoms with Gasteiger partial charge in [0.05, 0.1) is 6.42 Å². The molecular formula is C15H17F2NO3. The average Bonchev–Trinajstić information content (AvgIpc) is 3.14. The van der Waals surface area contributed by atoms with Crippen molar-refractivity contribution in [2.24, 2.45) is 11.8 Å². The van der Waals surface area contributed by atoms with Crippen LogP contribution in [0.5, 0.6) is 0 Å². The van der Waals surface area contributed by atoms with Crippen molar-refractivity contribution in [3.63, 3.8) is 0 Å². The fraction of sp³-hybridized carbons (Fsp3) is 0.467. The lowest BCUT2D eigenvalue weighted by Gasteiger charge is -2.22. The number of carboxylic acid groups (broad SMARTS) is 1. The van der Waals surface area contributed by atoms with Crippen LogP contribution in [0.2, 0.25) is 0 Å². The van der Waals surface area contributed by atoms with Crippen molar-refractivity contribution in [2.75, 3.05) is 6.54 Å². The van der Waals surface area contributed by atoms with E-state index in [1.165, 1.54) is 11.0 Å². The molecule has 1 aliphatic rings. The number of rotatable bonds is 6. The molecule has 1 amide bonds. The van der Waals surface area contributed by atoms with E-state index in [0.717, 1.165) is 18.6 Å². The molecule has 0 heterocycles. The molecule has 0 radical (unpaired) electrons. The van der Waals surface area contributed by atoms with Gasteiger partial charge in [-0.15, -0.1) is 0 Å². The summed E-state index contributed by atoms with van der Waals surface area (Å²) < 4.78 is 26.1. The number of halogens is 2. The number of aliphatic carboxylic acids is 1. The highest BCUT2D eigenvalue weighted by Crippen LogP contribution is 2.39. The maximum atomic E-state index is 13.2. The Balaban J connectivity index is 2.08. The molecule has 1 saturated carbocycles. The summed E-state index contributed by atoms with van der Waals surface area (Å²) in [6.45, 7) is 2.11. The minimum atomic E-state index is -0.998. The molecule has 1 aromatic carbocycles. The molecule has 21 heavy (non-hydrogen) atoms. The molecule has 0 saturated heterocycles. The number of hydrogen-bond donors (Lipinski definition) is 1. The monoisotopic (exact) mass is 297 g/mol. The van der Waals surface area contributed by atoms with Crippen LogP contribution in [0.1, 0.15) is 25.3 Å². The first-order chi connectivity index (χ1) is 9.88. The molecule has 6 heteroatoms. The van der Waals surface area contributed by atoms with Crippen molar-refractivity contribution in [3.8, 4) is 0 Å². The van der Waals surface area contributed by atoms with E-state index in [1.807, 2.05) is 6.92 Å². The Morgan fingerprint density at radius 3 is 2.52 bits per heavy atom. The maximum Gasteiger partial charge on any atom is 0.305 e. The number of carbonyl (C=O) groups excluding carboxylic acids is 1. The van der Waals surface area contributed by atoms with Gasteiger partial charge < -0.3 is 10.0 Å². The summed E-state index contributed by atoms with van der Waals surface area (Å²) in [4.78, 5) is 24.3. The zero-order valence-electron chi connectivity index (χ0n) is 11.7. The summed E-state index contributed by atoms with van der Waals surface area (Å²) in [5, 5.41) is 8.75. The standard InChI is InChI=1S/C15H17F2NO3/c1-9-6-11(9)15(21)18(5-4-14(19)20)8-10-2-3-12(16)13(17)7-10/h2-3,7,9,11H,4-6,8H2,1H3,(H,19,20)/t9-,11-/m1/s1. The Hall–Kier alpha value is -1.98. The SMILES string of the molecule is C[C@@H]1C[C@H]1C(=O)N(CCC(=O)O)Cc1ccc(F)c(F)c1. The molecule has 2 atom stereocenters. The maximum absolute atomic E-state index is 13.2. The second-order valence-corrected chi connectivity index (χ2v) is 5.47. The van der Waals surface area contributed by atoms with Gasteiger partial charge in [-0.25, -0.2) is 8.78 Å². The number of hydrogen-bond acceptors (Lipinski definition) is 2. The summed E-state index contributed by atoms with van der Waals surface area (Å²) in [5.74, 6) is -2.81. The van der Waals surface area contributed by atoms with Crippen LogP contribution in [-0.2, 0) is 16.1 Å². The average molecular weight is 297 g/mol. The third kappa shape index (κ3) is 4.00. The Labute approximate surface area is 121 Å². The molecule has 0 aromatic heterocycles. The third-order valence-corrected chi connectivity index (χ3v) is 3.69. The van der Waals surface area contributed by atoms with E-state index >= 15 is 0 Å². The smallest absolute Gasteiger partial charge is 0.305 e. The summed E-state index contributed by atoms with van der Waals surface area (Å²) >= 11 is 0. The summed E-state index contributed by atoms with van der Waals surface area (Å²) in [6.07, 6.45) is 0.622. The molecule has 0 spiro atoms. The predicted octanol–water partition coefficient (Wildman–Crippen LogP) is 2.42. The largest absolute Gasteiger partial charge is 0.481 e. The summed E-state index contributed by atoms with van der Waals surface area (Å²) in [7, 11) is 0. The number of carbonyl (C=O) groups is 2. The predicted molar refractivity (Wildman–Crippen MR) is 71.3 cm³/mol. The van der Waals surface area contributed by atoms with Crippen LogP contribution < -0.4 is 0 Å². The van der Waals surface area contributed by atoms with Gasteiger partial charge in [-0.05, 0) is 30.0 Å². The van der Waals surface area contributed by atoms with Gasteiger partial charge in [0.1, 0.15) is 0 Å². The lowest BCUT2D eigenvalue weighted by Crippen LogP contribution is -2.34. The normalized spacial score (nSPS) is 20.1. The van der Waals surface area contributed by atoms with E-state index in [9.17, 15) is 18.4 Å². The van der Waals surface area contributed by atoms with E-state index in [1.54, 1.807) is 0 Å². The van der Waals surface area contributed by atoms with Crippen molar-refractivity contribution in [1.29, 1.82) is 0 Å². The van der Waals surface area contributed by atoms with Crippen LogP contribution in [0.25, 0.3) is 0 Å². The Morgan fingerprint density at radius 1 is 1.33 bits per heavy atom. The molecule has 1 N–H and O–H groups in total. The minimum absolute atomic E-state index is 0.0659. The zero-order valence-corrected chi connectivity index (χ0v) is 11.7. The first-order valence-corrected chi connectivity index (χ1v) is 6.83. The summed E-state index contributed by atoms with van der Waals surface area (Å²) in [5.41, 5.74) is 0.445. The third-order valence-electron chi connectivity index (χ3n) is 3.69. The number of benzene rings is 1. The lowest BCUT2D eigenvalue weighted by atomic mass is 10.1. The lowest BCUT2D eigenvalue weighted by molar-refractivity contribution is -0.139. The van der Waals surface area contributed by atoms with Crippen LogP contribution >= 0.6 is 0 Å². The van der Waals surface area contributed by atoms with E-state index in [4.69, 9.17) is 5.11 Å². The minimum Gasteiger partial charge on any atom is -0.481 e. The molecule has 0 unspecified atom stereocenters. The van der Waals surface area contributed by atoms with Gasteiger partial charge in [0.25, 0.3) is 0 Å². The van der Waals surface area contributed by atoms with Crippen LogP contribution in [0, 0.1) is 23.5 Å². The Morgan fingerprint density at radius 2 is 2.00 bits per heavy atom. The van der Waals surface area contributed by atoms with Gasteiger partial charge in [-0.1, -0.05) is 13.0 Å². The molecule has 0 bridgehead atoms. The van der Waals surface area contributed by atoms with Crippen molar-refractivity contribution >= 4 is 11.9 Å². The highest BCUT2D eigenvalue weighted by molar-refractivity contribution is 5.82. The van der Waals surface area contributed by atoms with Crippen molar-refractivity contribution in [1.82, 2.24) is 4.90 Å². The zero-order chi connectivity index (χ0) is 15.6. The van der Waals surface area contributed by atoms with Gasteiger partial charge in [0, 0.05) is 19.0 Å². The molecule has 2 rings (SSSR count). The Bertz CT molecular complexity index is 562. The molecule has 1 aliphatic carbocycles.